The monoisotopic (exact) mass is 429 g/mol. The predicted octanol–water partition coefficient (Wildman–Crippen LogP) is 4.39. The molecular weight excluding hydrogens is 401 g/mol. The SMILES string of the molecule is CC(C)c1csc(C2CCCN(C(=O)C(N)Cc3ccccc3)C2)n1.Cl.Cl. The Labute approximate surface area is 178 Å². The molecule has 1 aliphatic heterocycles. The van der Waals surface area contributed by atoms with Gasteiger partial charge in [-0.25, -0.2) is 4.98 Å². The van der Waals surface area contributed by atoms with Crippen molar-refractivity contribution in [1.29, 1.82) is 0 Å². The van der Waals surface area contributed by atoms with Gasteiger partial charge in [0.2, 0.25) is 5.91 Å². The minimum Gasteiger partial charge on any atom is -0.341 e. The third kappa shape index (κ3) is 6.18. The van der Waals surface area contributed by atoms with Crippen LogP contribution in [0.5, 0.6) is 0 Å². The van der Waals surface area contributed by atoms with Crippen molar-refractivity contribution in [3.63, 3.8) is 0 Å². The van der Waals surface area contributed by atoms with Crippen molar-refractivity contribution in [3.8, 4) is 0 Å². The molecule has 2 unspecified atom stereocenters. The first-order valence-corrected chi connectivity index (χ1v) is 9.96. The molecule has 0 saturated carbocycles. The van der Waals surface area contributed by atoms with Gasteiger partial charge in [0, 0.05) is 24.4 Å². The summed E-state index contributed by atoms with van der Waals surface area (Å²) in [6.45, 7) is 5.88. The number of halogens is 2. The number of rotatable bonds is 5. The van der Waals surface area contributed by atoms with Crippen LogP contribution in [-0.2, 0) is 11.2 Å². The summed E-state index contributed by atoms with van der Waals surface area (Å²) >= 11 is 1.73. The summed E-state index contributed by atoms with van der Waals surface area (Å²) in [5.41, 5.74) is 8.47. The van der Waals surface area contributed by atoms with Crippen molar-refractivity contribution in [2.75, 3.05) is 13.1 Å². The van der Waals surface area contributed by atoms with Crippen molar-refractivity contribution in [2.45, 2.75) is 51.0 Å². The Hall–Kier alpha value is -1.14. The lowest BCUT2D eigenvalue weighted by Crippen LogP contribution is -2.48. The molecule has 2 heterocycles. The van der Waals surface area contributed by atoms with Crippen LogP contribution in [0.2, 0.25) is 0 Å². The lowest BCUT2D eigenvalue weighted by atomic mass is 9.97. The number of benzene rings is 1. The largest absolute Gasteiger partial charge is 0.341 e. The zero-order valence-electron chi connectivity index (χ0n) is 15.8. The Morgan fingerprint density at radius 3 is 2.63 bits per heavy atom. The Morgan fingerprint density at radius 2 is 2.00 bits per heavy atom. The molecule has 2 atom stereocenters. The Kier molecular flexibility index (Phi) is 9.74. The van der Waals surface area contributed by atoms with E-state index >= 15 is 0 Å². The smallest absolute Gasteiger partial charge is 0.239 e. The van der Waals surface area contributed by atoms with Gasteiger partial charge in [0.15, 0.2) is 0 Å². The number of amides is 1. The van der Waals surface area contributed by atoms with Crippen LogP contribution in [0, 0.1) is 0 Å². The molecule has 1 aromatic carbocycles. The van der Waals surface area contributed by atoms with Crippen LogP contribution in [0.1, 0.15) is 54.8 Å². The molecule has 1 aliphatic rings. The van der Waals surface area contributed by atoms with Gasteiger partial charge in [0.05, 0.1) is 16.7 Å². The van der Waals surface area contributed by atoms with E-state index in [1.165, 1.54) is 0 Å². The fourth-order valence-electron chi connectivity index (χ4n) is 3.32. The second kappa shape index (κ2) is 11.0. The quantitative estimate of drug-likeness (QED) is 0.766. The van der Waals surface area contributed by atoms with E-state index in [0.29, 0.717) is 18.3 Å². The summed E-state index contributed by atoms with van der Waals surface area (Å²) in [4.78, 5) is 19.5. The molecule has 3 rings (SSSR count). The minimum atomic E-state index is -0.469. The third-order valence-corrected chi connectivity index (χ3v) is 5.85. The molecule has 1 saturated heterocycles. The van der Waals surface area contributed by atoms with E-state index in [1.807, 2.05) is 35.2 Å². The molecule has 1 fully saturated rings. The lowest BCUT2D eigenvalue weighted by Gasteiger charge is -2.33. The number of carbonyl (C=O) groups excluding carboxylic acids is 1. The van der Waals surface area contributed by atoms with E-state index in [0.717, 1.165) is 42.2 Å². The highest BCUT2D eigenvalue weighted by molar-refractivity contribution is 7.09. The molecule has 27 heavy (non-hydrogen) atoms. The lowest BCUT2D eigenvalue weighted by molar-refractivity contribution is -0.133. The second-order valence-corrected chi connectivity index (χ2v) is 8.07. The maximum Gasteiger partial charge on any atom is 0.239 e. The van der Waals surface area contributed by atoms with Crippen molar-refractivity contribution in [3.05, 3.63) is 52.0 Å². The van der Waals surface area contributed by atoms with Crippen LogP contribution in [0.25, 0.3) is 0 Å². The summed E-state index contributed by atoms with van der Waals surface area (Å²) in [5.74, 6) is 0.860. The van der Waals surface area contributed by atoms with Crippen molar-refractivity contribution < 1.29 is 4.79 Å². The number of nitrogens with two attached hydrogens (primary N) is 1. The van der Waals surface area contributed by atoms with E-state index in [1.54, 1.807) is 11.3 Å². The van der Waals surface area contributed by atoms with Gasteiger partial charge in [-0.3, -0.25) is 4.79 Å². The first-order valence-electron chi connectivity index (χ1n) is 9.08. The molecule has 0 radical (unpaired) electrons. The summed E-state index contributed by atoms with van der Waals surface area (Å²) in [6.07, 6.45) is 2.71. The van der Waals surface area contributed by atoms with Crippen LogP contribution in [-0.4, -0.2) is 34.9 Å². The molecule has 4 nitrogen and oxygen atoms in total. The molecular formula is C20H29Cl2N3OS. The highest BCUT2D eigenvalue weighted by Gasteiger charge is 2.29. The first-order chi connectivity index (χ1) is 12.0. The highest BCUT2D eigenvalue weighted by atomic mass is 35.5. The maximum absolute atomic E-state index is 12.8. The van der Waals surface area contributed by atoms with Crippen molar-refractivity contribution in [1.82, 2.24) is 9.88 Å². The zero-order valence-corrected chi connectivity index (χ0v) is 18.3. The summed E-state index contributed by atoms with van der Waals surface area (Å²) in [6, 6.07) is 9.52. The fraction of sp³-hybridized carbons (Fsp3) is 0.500. The van der Waals surface area contributed by atoms with Gasteiger partial charge < -0.3 is 10.6 Å². The maximum atomic E-state index is 12.8. The van der Waals surface area contributed by atoms with Gasteiger partial charge in [-0.15, -0.1) is 36.2 Å². The van der Waals surface area contributed by atoms with Crippen LogP contribution >= 0.6 is 36.2 Å². The number of aromatic nitrogens is 1. The van der Waals surface area contributed by atoms with Gasteiger partial charge in [-0.1, -0.05) is 44.2 Å². The van der Waals surface area contributed by atoms with E-state index in [4.69, 9.17) is 10.7 Å². The van der Waals surface area contributed by atoms with Crippen LogP contribution in [0.15, 0.2) is 35.7 Å². The molecule has 150 valence electrons. The predicted molar refractivity (Wildman–Crippen MR) is 117 cm³/mol. The van der Waals surface area contributed by atoms with E-state index in [9.17, 15) is 4.79 Å². The standard InChI is InChI=1S/C20H27N3OS.2ClH/c1-14(2)18-13-25-19(22-18)16-9-6-10-23(12-16)20(24)17(21)11-15-7-4-3-5-8-15;;/h3-5,7-8,13-14,16-17H,6,9-12,21H2,1-2H3;2*1H. The number of hydrogen-bond acceptors (Lipinski definition) is 4. The Balaban J connectivity index is 0.00000182. The molecule has 7 heteroatoms. The Bertz CT molecular complexity index is 708. The minimum absolute atomic E-state index is 0. The molecule has 1 aromatic heterocycles. The number of piperidine rings is 1. The molecule has 0 bridgehead atoms. The molecule has 2 N–H and O–H groups in total. The average Bonchev–Trinajstić information content (AvgIpc) is 3.12. The van der Waals surface area contributed by atoms with Gasteiger partial charge in [0.1, 0.15) is 0 Å². The third-order valence-electron chi connectivity index (χ3n) is 4.83. The normalized spacial score (nSPS) is 17.8. The van der Waals surface area contributed by atoms with Crippen LogP contribution < -0.4 is 5.73 Å². The number of nitrogens with zero attached hydrogens (tertiary/aromatic N) is 2. The van der Waals surface area contributed by atoms with Crippen LogP contribution in [0.4, 0.5) is 0 Å². The number of hydrogen-bond donors (Lipinski definition) is 1. The topological polar surface area (TPSA) is 59.2 Å². The van der Waals surface area contributed by atoms with Crippen molar-refractivity contribution in [2.24, 2.45) is 5.73 Å². The molecule has 1 amide bonds. The fourth-order valence-corrected chi connectivity index (χ4v) is 4.43. The van der Waals surface area contributed by atoms with Gasteiger partial charge in [0.25, 0.3) is 0 Å². The van der Waals surface area contributed by atoms with Gasteiger partial charge in [-0.2, -0.15) is 0 Å². The van der Waals surface area contributed by atoms with E-state index < -0.39 is 6.04 Å². The number of thiazole rings is 1. The zero-order chi connectivity index (χ0) is 17.8. The van der Waals surface area contributed by atoms with E-state index in [-0.39, 0.29) is 30.7 Å². The highest BCUT2D eigenvalue weighted by Crippen LogP contribution is 2.31. The summed E-state index contributed by atoms with van der Waals surface area (Å²) in [7, 11) is 0. The van der Waals surface area contributed by atoms with Crippen molar-refractivity contribution >= 4 is 42.1 Å². The Morgan fingerprint density at radius 1 is 1.30 bits per heavy atom. The average molecular weight is 430 g/mol. The molecule has 0 aliphatic carbocycles. The van der Waals surface area contributed by atoms with E-state index in [2.05, 4.69) is 19.2 Å². The number of carbonyl (C=O) groups is 1. The molecule has 2 aromatic rings. The van der Waals surface area contributed by atoms with Gasteiger partial charge >= 0.3 is 0 Å². The molecule has 0 spiro atoms. The second-order valence-electron chi connectivity index (χ2n) is 7.18. The first kappa shape index (κ1) is 23.9. The summed E-state index contributed by atoms with van der Waals surface area (Å²) in [5, 5.41) is 3.32. The van der Waals surface area contributed by atoms with Gasteiger partial charge in [-0.05, 0) is 30.7 Å². The number of likely N-dealkylation sites (tertiary alicyclic amines) is 1. The van der Waals surface area contributed by atoms with Crippen LogP contribution in [0.3, 0.4) is 0 Å². The summed E-state index contributed by atoms with van der Waals surface area (Å²) < 4.78 is 0.